The highest BCUT2D eigenvalue weighted by Gasteiger charge is 2.37. The van der Waals surface area contributed by atoms with Crippen LogP contribution in [0.25, 0.3) is 0 Å². The third-order valence-electron chi connectivity index (χ3n) is 10.9. The van der Waals surface area contributed by atoms with Crippen molar-refractivity contribution in [1.82, 2.24) is 0 Å². The maximum atomic E-state index is 2.50. The highest BCUT2D eigenvalue weighted by Crippen LogP contribution is 2.45. The molecule has 0 atom stereocenters. The second-order valence-electron chi connectivity index (χ2n) is 14.9. The minimum absolute atomic E-state index is 0.151. The molecule has 6 aromatic carbocycles. The quantitative estimate of drug-likeness (QED) is 0.104. The Morgan fingerprint density at radius 2 is 0.870 bits per heavy atom. The van der Waals surface area contributed by atoms with Gasteiger partial charge in [-0.05, 0) is 122 Å². The maximum absolute atomic E-state index is 2.50. The summed E-state index contributed by atoms with van der Waals surface area (Å²) >= 11 is 0. The number of hydrogen-bond acceptors (Lipinski definition) is 2. The fourth-order valence-electron chi connectivity index (χ4n) is 7.66. The summed E-state index contributed by atoms with van der Waals surface area (Å²) in [6, 6.07) is 56.3. The van der Waals surface area contributed by atoms with Crippen LogP contribution in [0, 0.1) is 13.8 Å². The number of rotatable bonds is 14. The van der Waals surface area contributed by atoms with Crippen molar-refractivity contribution >= 4 is 28.4 Å². The van der Waals surface area contributed by atoms with Gasteiger partial charge in [0.05, 0.1) is 0 Å². The lowest BCUT2D eigenvalue weighted by Gasteiger charge is -2.44. The van der Waals surface area contributed by atoms with Gasteiger partial charge in [0, 0.05) is 34.4 Å². The standard InChI is InChI=1S/C52H54N2/c1-5-7-12-42-20-30-48(31-21-42)53(47-26-16-40(3)17-27-47)49-34-24-44(25-35-49)45-36-38-52(39-37-45,46-14-10-9-11-15-46)54(50-28-18-41(4)19-29-50)51-32-22-43(23-33-51)13-8-6-2/h9-11,14-39,45H,5-8,12-13H2,1-4H3. The van der Waals surface area contributed by atoms with Gasteiger partial charge in [0.1, 0.15) is 5.54 Å². The molecule has 1 aliphatic rings. The number of aryl methyl sites for hydroxylation is 4. The largest absolute Gasteiger partial charge is 0.324 e. The van der Waals surface area contributed by atoms with E-state index in [-0.39, 0.29) is 5.92 Å². The number of allylic oxidation sites excluding steroid dienone is 2. The van der Waals surface area contributed by atoms with E-state index in [1.54, 1.807) is 0 Å². The second-order valence-corrected chi connectivity index (χ2v) is 14.9. The van der Waals surface area contributed by atoms with E-state index in [0.717, 1.165) is 29.9 Å². The molecule has 7 rings (SSSR count). The van der Waals surface area contributed by atoms with Crippen molar-refractivity contribution < 1.29 is 0 Å². The molecule has 0 spiro atoms. The first-order chi connectivity index (χ1) is 26.5. The molecule has 0 saturated heterocycles. The van der Waals surface area contributed by atoms with Crippen molar-refractivity contribution in [2.45, 2.75) is 77.7 Å². The lowest BCUT2D eigenvalue weighted by molar-refractivity contribution is 0.661. The number of hydrogen-bond donors (Lipinski definition) is 0. The molecule has 6 aromatic rings. The molecule has 0 fully saturated rings. The van der Waals surface area contributed by atoms with Gasteiger partial charge in [0.25, 0.3) is 0 Å². The predicted octanol–water partition coefficient (Wildman–Crippen LogP) is 14.4. The van der Waals surface area contributed by atoms with Crippen LogP contribution in [0.1, 0.15) is 78.8 Å². The zero-order valence-electron chi connectivity index (χ0n) is 32.5. The zero-order chi connectivity index (χ0) is 37.3. The highest BCUT2D eigenvalue weighted by molar-refractivity contribution is 5.77. The van der Waals surface area contributed by atoms with Gasteiger partial charge in [0.2, 0.25) is 0 Å². The molecule has 0 unspecified atom stereocenters. The van der Waals surface area contributed by atoms with Gasteiger partial charge in [0.15, 0.2) is 0 Å². The van der Waals surface area contributed by atoms with Crippen molar-refractivity contribution in [1.29, 1.82) is 0 Å². The van der Waals surface area contributed by atoms with Crippen LogP contribution >= 0.6 is 0 Å². The summed E-state index contributed by atoms with van der Waals surface area (Å²) < 4.78 is 0. The molecule has 2 nitrogen and oxygen atoms in total. The van der Waals surface area contributed by atoms with Gasteiger partial charge in [-0.3, -0.25) is 0 Å². The molecule has 0 bridgehead atoms. The van der Waals surface area contributed by atoms with Gasteiger partial charge < -0.3 is 9.80 Å². The second kappa shape index (κ2) is 17.0. The summed E-state index contributed by atoms with van der Waals surface area (Å²) in [4.78, 5) is 4.87. The van der Waals surface area contributed by atoms with E-state index in [1.165, 1.54) is 70.4 Å². The van der Waals surface area contributed by atoms with Crippen LogP contribution in [0.2, 0.25) is 0 Å². The minimum Gasteiger partial charge on any atom is -0.324 e. The van der Waals surface area contributed by atoms with Crippen LogP contribution < -0.4 is 9.80 Å². The summed E-state index contributed by atoms with van der Waals surface area (Å²) in [7, 11) is 0. The summed E-state index contributed by atoms with van der Waals surface area (Å²) in [6.07, 6.45) is 16.7. The van der Waals surface area contributed by atoms with Gasteiger partial charge in [-0.15, -0.1) is 0 Å². The lowest BCUT2D eigenvalue weighted by Crippen LogP contribution is -2.41. The van der Waals surface area contributed by atoms with Crippen molar-refractivity contribution in [3.05, 3.63) is 209 Å². The molecule has 1 aliphatic carbocycles. The SMILES string of the molecule is CCCCc1ccc(N(c2ccc(C)cc2)c2ccc(C3C=CC(c4ccccc4)(N(c4ccc(C)cc4)c4ccc(CCCC)cc4)C=C3)cc2)cc1. The molecule has 0 heterocycles. The third kappa shape index (κ3) is 8.14. The Morgan fingerprint density at radius 1 is 0.463 bits per heavy atom. The first-order valence-corrected chi connectivity index (χ1v) is 19.9. The monoisotopic (exact) mass is 706 g/mol. The fourth-order valence-corrected chi connectivity index (χ4v) is 7.66. The molecular weight excluding hydrogens is 653 g/mol. The maximum Gasteiger partial charge on any atom is 0.107 e. The average molecular weight is 707 g/mol. The van der Waals surface area contributed by atoms with Crippen LogP contribution in [0.4, 0.5) is 28.4 Å². The average Bonchev–Trinajstić information content (AvgIpc) is 3.22. The summed E-state index contributed by atoms with van der Waals surface area (Å²) in [5.41, 5.74) is 13.1. The van der Waals surface area contributed by atoms with Crippen LogP contribution in [0.15, 0.2) is 176 Å². The van der Waals surface area contributed by atoms with E-state index in [9.17, 15) is 0 Å². The summed E-state index contributed by atoms with van der Waals surface area (Å²) in [5, 5.41) is 0. The van der Waals surface area contributed by atoms with Crippen LogP contribution in [-0.2, 0) is 18.4 Å². The number of nitrogens with zero attached hydrogens (tertiary/aromatic N) is 2. The molecule has 0 aromatic heterocycles. The van der Waals surface area contributed by atoms with E-state index >= 15 is 0 Å². The van der Waals surface area contributed by atoms with E-state index in [1.807, 2.05) is 0 Å². The fraction of sp³-hybridized carbons (Fsp3) is 0.231. The molecule has 0 saturated carbocycles. The summed E-state index contributed by atoms with van der Waals surface area (Å²) in [5.74, 6) is 0.151. The topological polar surface area (TPSA) is 6.48 Å². The van der Waals surface area contributed by atoms with Crippen LogP contribution in [-0.4, -0.2) is 0 Å². The van der Waals surface area contributed by atoms with Crippen molar-refractivity contribution in [2.75, 3.05) is 9.80 Å². The van der Waals surface area contributed by atoms with E-state index in [2.05, 4.69) is 213 Å². The Morgan fingerprint density at radius 3 is 1.33 bits per heavy atom. The van der Waals surface area contributed by atoms with Crippen molar-refractivity contribution in [3.63, 3.8) is 0 Å². The Balaban J connectivity index is 1.23. The zero-order valence-corrected chi connectivity index (χ0v) is 32.5. The first kappa shape index (κ1) is 36.7. The molecule has 0 radical (unpaired) electrons. The van der Waals surface area contributed by atoms with Crippen molar-refractivity contribution in [2.24, 2.45) is 0 Å². The van der Waals surface area contributed by atoms with E-state index in [0.29, 0.717) is 0 Å². The normalized spacial score (nSPS) is 16.3. The van der Waals surface area contributed by atoms with Gasteiger partial charge in [-0.2, -0.15) is 0 Å². The van der Waals surface area contributed by atoms with E-state index < -0.39 is 5.54 Å². The Labute approximate surface area is 324 Å². The summed E-state index contributed by atoms with van der Waals surface area (Å²) in [6.45, 7) is 8.82. The minimum atomic E-state index is -0.510. The lowest BCUT2D eigenvalue weighted by atomic mass is 9.79. The van der Waals surface area contributed by atoms with E-state index in [4.69, 9.17) is 0 Å². The Kier molecular flexibility index (Phi) is 11.6. The molecular formula is C52H54N2. The number of unbranched alkanes of at least 4 members (excludes halogenated alkanes) is 2. The van der Waals surface area contributed by atoms with Gasteiger partial charge in [-0.25, -0.2) is 0 Å². The molecule has 54 heavy (non-hydrogen) atoms. The third-order valence-corrected chi connectivity index (χ3v) is 10.9. The van der Waals surface area contributed by atoms with Crippen molar-refractivity contribution in [3.8, 4) is 0 Å². The predicted molar refractivity (Wildman–Crippen MR) is 232 cm³/mol. The van der Waals surface area contributed by atoms with Crippen LogP contribution in [0.3, 0.4) is 0 Å². The molecule has 2 heteroatoms. The molecule has 0 amide bonds. The molecule has 0 aliphatic heterocycles. The Hall–Kier alpha value is -5.60. The van der Waals surface area contributed by atoms with Gasteiger partial charge >= 0.3 is 0 Å². The smallest absolute Gasteiger partial charge is 0.107 e. The molecule has 272 valence electrons. The molecule has 0 N–H and O–H groups in total. The Bertz CT molecular complexity index is 2110. The van der Waals surface area contributed by atoms with Gasteiger partial charge in [-0.1, -0.05) is 153 Å². The van der Waals surface area contributed by atoms with Crippen LogP contribution in [0.5, 0.6) is 0 Å². The number of benzene rings is 6. The number of anilines is 5. The first-order valence-electron chi connectivity index (χ1n) is 19.9. The highest BCUT2D eigenvalue weighted by atomic mass is 15.2.